The van der Waals surface area contributed by atoms with Crippen LogP contribution < -0.4 is 21.5 Å². The van der Waals surface area contributed by atoms with Crippen molar-refractivity contribution in [1.29, 1.82) is 0 Å². The maximum atomic E-state index is 12.0. The van der Waals surface area contributed by atoms with Crippen molar-refractivity contribution >= 4 is 17.3 Å². The molecule has 0 heterocycles. The fourth-order valence-corrected chi connectivity index (χ4v) is 1.97. The van der Waals surface area contributed by atoms with E-state index in [-0.39, 0.29) is 5.91 Å². The largest absolute Gasteiger partial charge is 0.497 e. The number of methoxy groups -OCH3 is 1. The highest BCUT2D eigenvalue weighted by Gasteiger charge is 2.06. The Balaban J connectivity index is 1.90. The summed E-state index contributed by atoms with van der Waals surface area (Å²) < 4.78 is 5.16. The van der Waals surface area contributed by atoms with E-state index in [0.29, 0.717) is 23.5 Å². The molecule has 0 aliphatic heterocycles. The van der Waals surface area contributed by atoms with Crippen LogP contribution in [0.3, 0.4) is 0 Å². The van der Waals surface area contributed by atoms with Crippen molar-refractivity contribution in [2.45, 2.75) is 6.42 Å². The lowest BCUT2D eigenvalue weighted by Crippen LogP contribution is -2.25. The Bertz CT molecular complexity index is 641. The molecule has 21 heavy (non-hydrogen) atoms. The van der Waals surface area contributed by atoms with Gasteiger partial charge in [0.1, 0.15) is 5.75 Å². The lowest BCUT2D eigenvalue weighted by molar-refractivity contribution is 0.0954. The third-order valence-corrected chi connectivity index (χ3v) is 3.18. The van der Waals surface area contributed by atoms with Crippen molar-refractivity contribution in [3.8, 4) is 5.75 Å². The monoisotopic (exact) mass is 285 g/mol. The van der Waals surface area contributed by atoms with E-state index in [4.69, 9.17) is 16.2 Å². The highest BCUT2D eigenvalue weighted by molar-refractivity contribution is 5.95. The van der Waals surface area contributed by atoms with E-state index in [1.54, 1.807) is 25.3 Å². The van der Waals surface area contributed by atoms with E-state index in [1.165, 1.54) is 0 Å². The van der Waals surface area contributed by atoms with E-state index in [0.717, 1.165) is 17.7 Å². The predicted octanol–water partition coefficient (Wildman–Crippen LogP) is 1.83. The highest BCUT2D eigenvalue weighted by atomic mass is 16.5. The summed E-state index contributed by atoms with van der Waals surface area (Å²) >= 11 is 0. The van der Waals surface area contributed by atoms with Crippen LogP contribution in [0.1, 0.15) is 15.9 Å². The predicted molar refractivity (Wildman–Crippen MR) is 84.3 cm³/mol. The SMILES string of the molecule is COc1cccc(CCNC(=O)c2ccc(N)c(N)c2)c1. The zero-order chi connectivity index (χ0) is 15.2. The number of anilines is 2. The summed E-state index contributed by atoms with van der Waals surface area (Å²) in [5.74, 6) is 0.648. The van der Waals surface area contributed by atoms with Gasteiger partial charge in [-0.05, 0) is 42.3 Å². The molecule has 0 aliphatic carbocycles. The van der Waals surface area contributed by atoms with Gasteiger partial charge in [0.05, 0.1) is 18.5 Å². The summed E-state index contributed by atoms with van der Waals surface area (Å²) in [4.78, 5) is 12.0. The molecule has 0 aromatic heterocycles. The first-order valence-corrected chi connectivity index (χ1v) is 6.66. The second-order valence-corrected chi connectivity index (χ2v) is 4.70. The molecule has 2 aromatic carbocycles. The summed E-state index contributed by atoms with van der Waals surface area (Å²) in [6.45, 7) is 0.538. The average molecular weight is 285 g/mol. The van der Waals surface area contributed by atoms with Crippen molar-refractivity contribution in [2.75, 3.05) is 25.1 Å². The topological polar surface area (TPSA) is 90.4 Å². The van der Waals surface area contributed by atoms with Crippen LogP contribution in [0.25, 0.3) is 0 Å². The first kappa shape index (κ1) is 14.7. The number of carbonyl (C=O) groups is 1. The summed E-state index contributed by atoms with van der Waals surface area (Å²) in [6.07, 6.45) is 0.730. The Morgan fingerprint density at radius 2 is 1.95 bits per heavy atom. The minimum atomic E-state index is -0.162. The number of nitrogens with one attached hydrogen (secondary N) is 1. The molecule has 5 N–H and O–H groups in total. The second kappa shape index (κ2) is 6.65. The minimum Gasteiger partial charge on any atom is -0.497 e. The molecule has 0 aliphatic rings. The third kappa shape index (κ3) is 3.89. The van der Waals surface area contributed by atoms with Crippen LogP contribution in [-0.4, -0.2) is 19.6 Å². The van der Waals surface area contributed by atoms with Crippen molar-refractivity contribution < 1.29 is 9.53 Å². The maximum Gasteiger partial charge on any atom is 0.251 e. The van der Waals surface area contributed by atoms with Crippen LogP contribution in [0.15, 0.2) is 42.5 Å². The van der Waals surface area contributed by atoms with Crippen molar-refractivity contribution in [2.24, 2.45) is 0 Å². The number of amides is 1. The van der Waals surface area contributed by atoms with Crippen LogP contribution in [0.5, 0.6) is 5.75 Å². The number of carbonyl (C=O) groups excluding carboxylic acids is 1. The number of hydrogen-bond donors (Lipinski definition) is 3. The van der Waals surface area contributed by atoms with Gasteiger partial charge in [0, 0.05) is 12.1 Å². The van der Waals surface area contributed by atoms with Crippen LogP contribution in [0.2, 0.25) is 0 Å². The first-order valence-electron chi connectivity index (χ1n) is 6.66. The van der Waals surface area contributed by atoms with E-state index in [2.05, 4.69) is 5.32 Å². The molecule has 2 rings (SSSR count). The zero-order valence-electron chi connectivity index (χ0n) is 11.9. The van der Waals surface area contributed by atoms with Gasteiger partial charge < -0.3 is 21.5 Å². The van der Waals surface area contributed by atoms with E-state index < -0.39 is 0 Å². The van der Waals surface area contributed by atoms with Gasteiger partial charge in [0.25, 0.3) is 5.91 Å². The number of benzene rings is 2. The maximum absolute atomic E-state index is 12.0. The number of nitrogens with two attached hydrogens (primary N) is 2. The molecule has 0 radical (unpaired) electrons. The Morgan fingerprint density at radius 3 is 2.67 bits per heavy atom. The van der Waals surface area contributed by atoms with Crippen molar-refractivity contribution in [1.82, 2.24) is 5.32 Å². The quantitative estimate of drug-likeness (QED) is 0.731. The molecular weight excluding hydrogens is 266 g/mol. The van der Waals surface area contributed by atoms with Crippen LogP contribution in [0, 0.1) is 0 Å². The van der Waals surface area contributed by atoms with E-state index in [1.807, 2.05) is 24.3 Å². The zero-order valence-corrected chi connectivity index (χ0v) is 11.9. The fraction of sp³-hybridized carbons (Fsp3) is 0.188. The molecule has 0 spiro atoms. The molecule has 0 fully saturated rings. The standard InChI is InChI=1S/C16H19N3O2/c1-21-13-4-2-3-11(9-13)7-8-19-16(20)12-5-6-14(17)15(18)10-12/h2-6,9-10H,7-8,17-18H2,1H3,(H,19,20). The summed E-state index contributed by atoms with van der Waals surface area (Å²) in [5, 5.41) is 2.86. The summed E-state index contributed by atoms with van der Waals surface area (Å²) in [7, 11) is 1.63. The summed E-state index contributed by atoms with van der Waals surface area (Å²) in [6, 6.07) is 12.6. The smallest absolute Gasteiger partial charge is 0.251 e. The lowest BCUT2D eigenvalue weighted by Gasteiger charge is -2.08. The average Bonchev–Trinajstić information content (AvgIpc) is 2.50. The second-order valence-electron chi connectivity index (χ2n) is 4.70. The molecule has 5 heteroatoms. The van der Waals surface area contributed by atoms with Gasteiger partial charge in [-0.25, -0.2) is 0 Å². The molecule has 5 nitrogen and oxygen atoms in total. The number of rotatable bonds is 5. The Hall–Kier alpha value is -2.69. The molecular formula is C16H19N3O2. The number of nitrogen functional groups attached to an aromatic ring is 2. The highest BCUT2D eigenvalue weighted by Crippen LogP contribution is 2.16. The van der Waals surface area contributed by atoms with Gasteiger partial charge in [-0.3, -0.25) is 4.79 Å². The van der Waals surface area contributed by atoms with E-state index in [9.17, 15) is 4.79 Å². The molecule has 0 unspecified atom stereocenters. The van der Waals surface area contributed by atoms with Gasteiger partial charge in [0.15, 0.2) is 0 Å². The van der Waals surface area contributed by atoms with Crippen LogP contribution in [0.4, 0.5) is 11.4 Å². The molecule has 0 saturated carbocycles. The molecule has 0 saturated heterocycles. The van der Waals surface area contributed by atoms with Crippen molar-refractivity contribution in [3.63, 3.8) is 0 Å². The molecule has 0 atom stereocenters. The lowest BCUT2D eigenvalue weighted by atomic mass is 10.1. The van der Waals surface area contributed by atoms with E-state index >= 15 is 0 Å². The Labute approximate surface area is 123 Å². The minimum absolute atomic E-state index is 0.162. The third-order valence-electron chi connectivity index (χ3n) is 3.18. The first-order chi connectivity index (χ1) is 10.1. The Morgan fingerprint density at radius 1 is 1.14 bits per heavy atom. The number of hydrogen-bond acceptors (Lipinski definition) is 4. The summed E-state index contributed by atoms with van der Waals surface area (Å²) in [5.41, 5.74) is 13.8. The van der Waals surface area contributed by atoms with Gasteiger partial charge in [0.2, 0.25) is 0 Å². The molecule has 2 aromatic rings. The molecule has 0 bridgehead atoms. The normalized spacial score (nSPS) is 10.1. The van der Waals surface area contributed by atoms with Gasteiger partial charge >= 0.3 is 0 Å². The van der Waals surface area contributed by atoms with Gasteiger partial charge in [-0.2, -0.15) is 0 Å². The van der Waals surface area contributed by atoms with Gasteiger partial charge in [-0.15, -0.1) is 0 Å². The molecule has 1 amide bonds. The Kier molecular flexibility index (Phi) is 4.66. The van der Waals surface area contributed by atoms with Crippen LogP contribution >= 0.6 is 0 Å². The van der Waals surface area contributed by atoms with Crippen molar-refractivity contribution in [3.05, 3.63) is 53.6 Å². The number of ether oxygens (including phenoxy) is 1. The fourth-order valence-electron chi connectivity index (χ4n) is 1.97. The molecule has 110 valence electrons. The van der Waals surface area contributed by atoms with Crippen LogP contribution in [-0.2, 0) is 6.42 Å². The van der Waals surface area contributed by atoms with Gasteiger partial charge in [-0.1, -0.05) is 12.1 Å².